The first-order valence-corrected chi connectivity index (χ1v) is 7.03. The Bertz CT molecular complexity index is 634. The highest BCUT2D eigenvalue weighted by atomic mass is 16.5. The fourth-order valence-electron chi connectivity index (χ4n) is 2.91. The van der Waals surface area contributed by atoms with Crippen molar-refractivity contribution in [2.75, 3.05) is 20.2 Å². The van der Waals surface area contributed by atoms with Crippen molar-refractivity contribution in [3.8, 4) is 0 Å². The molecule has 1 aromatic heterocycles. The summed E-state index contributed by atoms with van der Waals surface area (Å²) in [6.07, 6.45) is 3.88. The van der Waals surface area contributed by atoms with Crippen molar-refractivity contribution in [3.05, 3.63) is 36.0 Å². The van der Waals surface area contributed by atoms with Crippen molar-refractivity contribution in [3.63, 3.8) is 0 Å². The molecule has 1 saturated heterocycles. The molecule has 4 nitrogen and oxygen atoms in total. The third-order valence-electron chi connectivity index (χ3n) is 4.24. The zero-order valence-electron chi connectivity index (χ0n) is 12.0. The van der Waals surface area contributed by atoms with Crippen LogP contribution in [-0.4, -0.2) is 41.6 Å². The second-order valence-corrected chi connectivity index (χ2v) is 5.76. The first-order chi connectivity index (χ1) is 9.61. The number of hydrogen-bond acceptors (Lipinski definition) is 2. The molecule has 20 heavy (non-hydrogen) atoms. The van der Waals surface area contributed by atoms with Crippen LogP contribution in [0.4, 0.5) is 0 Å². The van der Waals surface area contributed by atoms with E-state index in [1.807, 2.05) is 35.4 Å². The Labute approximate surface area is 118 Å². The predicted octanol–water partition coefficient (Wildman–Crippen LogP) is 2.81. The van der Waals surface area contributed by atoms with Crippen LogP contribution in [-0.2, 0) is 4.74 Å². The van der Waals surface area contributed by atoms with Gasteiger partial charge in [-0.25, -0.2) is 0 Å². The van der Waals surface area contributed by atoms with Gasteiger partial charge in [0.2, 0.25) is 0 Å². The number of H-pyrrole nitrogens is 1. The van der Waals surface area contributed by atoms with E-state index in [-0.39, 0.29) is 11.5 Å². The highest BCUT2D eigenvalue weighted by Crippen LogP contribution is 2.25. The Kier molecular flexibility index (Phi) is 3.26. The number of amides is 1. The second-order valence-electron chi connectivity index (χ2n) is 5.76. The maximum absolute atomic E-state index is 12.6. The van der Waals surface area contributed by atoms with Gasteiger partial charge < -0.3 is 14.6 Å². The number of carbonyl (C=O) groups is 1. The minimum atomic E-state index is -0.216. The van der Waals surface area contributed by atoms with Crippen LogP contribution in [0.5, 0.6) is 0 Å². The molecule has 0 spiro atoms. The van der Waals surface area contributed by atoms with Gasteiger partial charge in [0.05, 0.1) is 5.60 Å². The molecule has 0 bridgehead atoms. The number of piperidine rings is 1. The van der Waals surface area contributed by atoms with Crippen molar-refractivity contribution in [1.82, 2.24) is 9.88 Å². The maximum atomic E-state index is 12.6. The van der Waals surface area contributed by atoms with Crippen LogP contribution in [0.25, 0.3) is 10.9 Å². The second kappa shape index (κ2) is 4.94. The molecule has 1 aliphatic rings. The molecule has 106 valence electrons. The molecule has 1 N–H and O–H groups in total. The molecular weight excluding hydrogens is 252 g/mol. The number of nitrogens with zero attached hydrogens (tertiary/aromatic N) is 1. The normalized spacial score (nSPS) is 23.2. The lowest BCUT2D eigenvalue weighted by molar-refractivity contribution is -0.0440. The standard InChI is InChI=1S/C16H20N2O2/c1-16(20-2)7-3-9-18(11-16)15(19)13-4-5-14-12(10-13)6-8-17-14/h4-6,8,10,17H,3,7,9,11H2,1-2H3. The number of nitrogens with one attached hydrogen (secondary N) is 1. The highest BCUT2D eigenvalue weighted by Gasteiger charge is 2.33. The fourth-order valence-corrected chi connectivity index (χ4v) is 2.91. The summed E-state index contributed by atoms with van der Waals surface area (Å²) < 4.78 is 5.55. The van der Waals surface area contributed by atoms with Gasteiger partial charge in [-0.15, -0.1) is 0 Å². The Morgan fingerprint density at radius 3 is 3.05 bits per heavy atom. The van der Waals surface area contributed by atoms with E-state index in [4.69, 9.17) is 4.74 Å². The molecule has 2 aromatic rings. The number of fused-ring (bicyclic) bond motifs is 1. The number of ether oxygens (including phenoxy) is 1. The molecule has 0 radical (unpaired) electrons. The molecule has 1 aromatic carbocycles. The first-order valence-electron chi connectivity index (χ1n) is 7.03. The number of aromatic nitrogens is 1. The first kappa shape index (κ1) is 13.2. The highest BCUT2D eigenvalue weighted by molar-refractivity contribution is 5.98. The Morgan fingerprint density at radius 1 is 1.40 bits per heavy atom. The molecule has 4 heteroatoms. The summed E-state index contributed by atoms with van der Waals surface area (Å²) in [5, 5.41) is 1.07. The monoisotopic (exact) mass is 272 g/mol. The van der Waals surface area contributed by atoms with Crippen LogP contribution in [0.3, 0.4) is 0 Å². The van der Waals surface area contributed by atoms with E-state index in [2.05, 4.69) is 11.9 Å². The van der Waals surface area contributed by atoms with Gasteiger partial charge in [-0.1, -0.05) is 0 Å². The van der Waals surface area contributed by atoms with Gasteiger partial charge in [0, 0.05) is 42.9 Å². The van der Waals surface area contributed by atoms with Gasteiger partial charge >= 0.3 is 0 Å². The summed E-state index contributed by atoms with van der Waals surface area (Å²) in [6, 6.07) is 7.79. The smallest absolute Gasteiger partial charge is 0.253 e. The third kappa shape index (κ3) is 2.31. The number of methoxy groups -OCH3 is 1. The molecule has 3 rings (SSSR count). The summed E-state index contributed by atoms with van der Waals surface area (Å²) >= 11 is 0. The third-order valence-corrected chi connectivity index (χ3v) is 4.24. The van der Waals surface area contributed by atoms with E-state index in [0.29, 0.717) is 6.54 Å². The molecule has 2 heterocycles. The summed E-state index contributed by atoms with van der Waals surface area (Å²) in [5.74, 6) is 0.0936. The fraction of sp³-hybridized carbons (Fsp3) is 0.438. The largest absolute Gasteiger partial charge is 0.377 e. The minimum absolute atomic E-state index is 0.0936. The van der Waals surface area contributed by atoms with Gasteiger partial charge in [0.1, 0.15) is 0 Å². The van der Waals surface area contributed by atoms with Crippen LogP contribution >= 0.6 is 0 Å². The number of rotatable bonds is 2. The van der Waals surface area contributed by atoms with E-state index in [1.54, 1.807) is 7.11 Å². The summed E-state index contributed by atoms with van der Waals surface area (Å²) in [7, 11) is 1.72. The van der Waals surface area contributed by atoms with Gasteiger partial charge in [-0.2, -0.15) is 0 Å². The van der Waals surface area contributed by atoms with Crippen molar-refractivity contribution in [1.29, 1.82) is 0 Å². The van der Waals surface area contributed by atoms with Crippen molar-refractivity contribution in [2.45, 2.75) is 25.4 Å². The van der Waals surface area contributed by atoms with Crippen molar-refractivity contribution >= 4 is 16.8 Å². The zero-order valence-corrected chi connectivity index (χ0v) is 12.0. The van der Waals surface area contributed by atoms with Crippen molar-refractivity contribution in [2.24, 2.45) is 0 Å². The van der Waals surface area contributed by atoms with Crippen LogP contribution in [0, 0.1) is 0 Å². The van der Waals surface area contributed by atoms with Gasteiger partial charge in [0.15, 0.2) is 0 Å². The SMILES string of the molecule is COC1(C)CCCN(C(=O)c2ccc3[nH]ccc3c2)C1. The van der Waals surface area contributed by atoms with E-state index >= 15 is 0 Å². The Morgan fingerprint density at radius 2 is 2.25 bits per heavy atom. The number of hydrogen-bond donors (Lipinski definition) is 1. The zero-order chi connectivity index (χ0) is 14.2. The lowest BCUT2D eigenvalue weighted by atomic mass is 9.94. The quantitative estimate of drug-likeness (QED) is 0.913. The van der Waals surface area contributed by atoms with E-state index in [9.17, 15) is 4.79 Å². The van der Waals surface area contributed by atoms with Crippen LogP contribution in [0.1, 0.15) is 30.1 Å². The Balaban J connectivity index is 1.84. The van der Waals surface area contributed by atoms with E-state index in [1.165, 1.54) is 0 Å². The molecule has 1 atom stereocenters. The number of benzene rings is 1. The molecule has 1 amide bonds. The molecule has 0 aliphatic carbocycles. The maximum Gasteiger partial charge on any atom is 0.253 e. The average molecular weight is 272 g/mol. The predicted molar refractivity (Wildman–Crippen MR) is 78.9 cm³/mol. The minimum Gasteiger partial charge on any atom is -0.377 e. The van der Waals surface area contributed by atoms with Crippen molar-refractivity contribution < 1.29 is 9.53 Å². The average Bonchev–Trinajstić information content (AvgIpc) is 2.94. The van der Waals surface area contributed by atoms with E-state index in [0.717, 1.165) is 35.9 Å². The van der Waals surface area contributed by atoms with Gasteiger partial charge in [-0.05, 0) is 44.0 Å². The molecule has 1 unspecified atom stereocenters. The lowest BCUT2D eigenvalue weighted by Crippen LogP contribution is -2.49. The molecule has 1 aliphatic heterocycles. The summed E-state index contributed by atoms with van der Waals surface area (Å²) in [4.78, 5) is 17.7. The molecule has 1 fully saturated rings. The van der Waals surface area contributed by atoms with E-state index < -0.39 is 0 Å². The lowest BCUT2D eigenvalue weighted by Gasteiger charge is -2.39. The van der Waals surface area contributed by atoms with Gasteiger partial charge in [0.25, 0.3) is 5.91 Å². The summed E-state index contributed by atoms with van der Waals surface area (Å²) in [6.45, 7) is 3.54. The number of likely N-dealkylation sites (tertiary alicyclic amines) is 1. The van der Waals surface area contributed by atoms with Gasteiger partial charge in [-0.3, -0.25) is 4.79 Å². The number of carbonyl (C=O) groups excluding carboxylic acids is 1. The molecule has 0 saturated carbocycles. The Hall–Kier alpha value is -1.81. The topological polar surface area (TPSA) is 45.3 Å². The molecular formula is C16H20N2O2. The summed E-state index contributed by atoms with van der Waals surface area (Å²) in [5.41, 5.74) is 1.59. The van der Waals surface area contributed by atoms with Crippen LogP contribution in [0.2, 0.25) is 0 Å². The van der Waals surface area contributed by atoms with Crippen LogP contribution < -0.4 is 0 Å². The van der Waals surface area contributed by atoms with Crippen LogP contribution in [0.15, 0.2) is 30.5 Å². The number of aromatic amines is 1.